The first-order chi connectivity index (χ1) is 12.5. The van der Waals surface area contributed by atoms with E-state index >= 15 is 0 Å². The summed E-state index contributed by atoms with van der Waals surface area (Å²) in [6, 6.07) is 2.42. The summed E-state index contributed by atoms with van der Waals surface area (Å²) in [6.07, 6.45) is -0.216. The van der Waals surface area contributed by atoms with Crippen LogP contribution in [0.2, 0.25) is 5.02 Å². The van der Waals surface area contributed by atoms with Crippen LogP contribution in [0, 0.1) is 5.82 Å². The minimum absolute atomic E-state index is 0.142. The van der Waals surface area contributed by atoms with E-state index in [1.807, 2.05) is 0 Å². The van der Waals surface area contributed by atoms with E-state index in [-0.39, 0.29) is 43.2 Å². The van der Waals surface area contributed by atoms with Gasteiger partial charge < -0.3 is 19.6 Å². The largest absolute Gasteiger partial charge is 0.444 e. The predicted octanol–water partition coefficient (Wildman–Crippen LogP) is 3.69. The van der Waals surface area contributed by atoms with Gasteiger partial charge in [-0.1, -0.05) is 11.6 Å². The van der Waals surface area contributed by atoms with Gasteiger partial charge in [0, 0.05) is 30.7 Å². The summed E-state index contributed by atoms with van der Waals surface area (Å²) < 4.78 is 20.2. The zero-order chi connectivity index (χ0) is 20.4. The Bertz CT molecular complexity index is 726. The van der Waals surface area contributed by atoms with E-state index in [4.69, 9.17) is 16.3 Å². The molecule has 2 amide bonds. The molecule has 150 valence electrons. The highest BCUT2D eigenvalue weighted by molar-refractivity contribution is 9.10. The van der Waals surface area contributed by atoms with Gasteiger partial charge >= 0.3 is 6.09 Å². The Hall–Kier alpha value is -1.38. The lowest BCUT2D eigenvalue weighted by Crippen LogP contribution is -2.57. The van der Waals surface area contributed by atoms with Crippen LogP contribution < -0.4 is 0 Å². The maximum Gasteiger partial charge on any atom is 0.410 e. The third kappa shape index (κ3) is 5.33. The summed E-state index contributed by atoms with van der Waals surface area (Å²) in [5.74, 6) is -1.32. The molecule has 1 aliphatic rings. The number of amides is 2. The number of aliphatic hydroxyl groups excluding tert-OH is 1. The molecule has 27 heavy (non-hydrogen) atoms. The summed E-state index contributed by atoms with van der Waals surface area (Å²) in [5, 5.41) is 9.20. The van der Waals surface area contributed by atoms with Crippen molar-refractivity contribution in [3.63, 3.8) is 0 Å². The summed E-state index contributed by atoms with van der Waals surface area (Å²) >= 11 is 9.01. The zero-order valence-corrected chi connectivity index (χ0v) is 17.8. The predicted molar refractivity (Wildman–Crippen MR) is 103 cm³/mol. The van der Waals surface area contributed by atoms with E-state index in [0.717, 1.165) is 0 Å². The first kappa shape index (κ1) is 21.9. The van der Waals surface area contributed by atoms with Crippen LogP contribution in [0.5, 0.6) is 0 Å². The summed E-state index contributed by atoms with van der Waals surface area (Å²) in [5.41, 5.74) is -0.773. The molecule has 0 spiro atoms. The maximum atomic E-state index is 14.4. The second kappa shape index (κ2) is 8.75. The zero-order valence-electron chi connectivity index (χ0n) is 15.5. The fraction of sp³-hybridized carbons (Fsp3) is 0.556. The fourth-order valence-electron chi connectivity index (χ4n) is 2.86. The van der Waals surface area contributed by atoms with Crippen molar-refractivity contribution in [3.05, 3.63) is 33.0 Å². The normalized spacial score (nSPS) is 17.8. The highest BCUT2D eigenvalue weighted by Gasteiger charge is 2.35. The van der Waals surface area contributed by atoms with Crippen LogP contribution >= 0.6 is 27.5 Å². The Balaban J connectivity index is 2.19. The van der Waals surface area contributed by atoms with Gasteiger partial charge in [0.1, 0.15) is 5.60 Å². The van der Waals surface area contributed by atoms with Crippen molar-refractivity contribution in [2.24, 2.45) is 0 Å². The van der Waals surface area contributed by atoms with Crippen LogP contribution in [-0.4, -0.2) is 64.8 Å². The van der Waals surface area contributed by atoms with Gasteiger partial charge in [-0.3, -0.25) is 4.79 Å². The Kier molecular flexibility index (Phi) is 7.10. The number of piperazine rings is 1. The smallest absolute Gasteiger partial charge is 0.410 e. The van der Waals surface area contributed by atoms with Crippen molar-refractivity contribution in [1.82, 2.24) is 9.80 Å². The van der Waals surface area contributed by atoms with Crippen molar-refractivity contribution in [1.29, 1.82) is 0 Å². The molecule has 1 aliphatic heterocycles. The van der Waals surface area contributed by atoms with Crippen LogP contribution in [0.15, 0.2) is 16.6 Å². The molecular formula is C18H23BrClFN2O4. The van der Waals surface area contributed by atoms with Crippen molar-refractivity contribution < 1.29 is 23.8 Å². The molecule has 1 saturated heterocycles. The Labute approximate surface area is 171 Å². The van der Waals surface area contributed by atoms with E-state index < -0.39 is 29.5 Å². The molecule has 0 bridgehead atoms. The van der Waals surface area contributed by atoms with Crippen molar-refractivity contribution in [2.45, 2.75) is 38.8 Å². The Morgan fingerprint density at radius 1 is 1.37 bits per heavy atom. The lowest BCUT2D eigenvalue weighted by Gasteiger charge is -2.41. The highest BCUT2D eigenvalue weighted by Crippen LogP contribution is 2.29. The van der Waals surface area contributed by atoms with E-state index in [1.165, 1.54) is 21.9 Å². The third-order valence-electron chi connectivity index (χ3n) is 4.12. The number of carbonyl (C=O) groups excluding carboxylic acids is 2. The number of rotatable bonds is 3. The molecule has 1 fully saturated rings. The molecule has 0 radical (unpaired) electrons. The van der Waals surface area contributed by atoms with Gasteiger partial charge in [0.15, 0.2) is 5.82 Å². The summed E-state index contributed by atoms with van der Waals surface area (Å²) in [4.78, 5) is 28.1. The van der Waals surface area contributed by atoms with Crippen molar-refractivity contribution >= 4 is 39.5 Å². The second-order valence-corrected chi connectivity index (χ2v) is 8.55. The monoisotopic (exact) mass is 464 g/mol. The van der Waals surface area contributed by atoms with Gasteiger partial charge in [-0.25, -0.2) is 9.18 Å². The highest BCUT2D eigenvalue weighted by atomic mass is 79.9. The van der Waals surface area contributed by atoms with E-state index in [9.17, 15) is 19.1 Å². The molecule has 1 heterocycles. The molecular weight excluding hydrogens is 443 g/mol. The average Bonchev–Trinajstić information content (AvgIpc) is 2.58. The SMILES string of the molecule is CC(C)(C)OC(=O)N1CCN(C(=O)c2ccc(Br)c(Cl)c2F)[C@@H](CCO)C1. The Morgan fingerprint density at radius 3 is 2.63 bits per heavy atom. The van der Waals surface area contributed by atoms with Crippen LogP contribution in [0.3, 0.4) is 0 Å². The number of carbonyl (C=O) groups is 2. The van der Waals surface area contributed by atoms with E-state index in [0.29, 0.717) is 4.47 Å². The molecule has 1 aromatic carbocycles. The summed E-state index contributed by atoms with van der Waals surface area (Å²) in [6.45, 7) is 5.82. The lowest BCUT2D eigenvalue weighted by molar-refractivity contribution is 0.00167. The fourth-order valence-corrected chi connectivity index (χ4v) is 3.33. The van der Waals surface area contributed by atoms with Gasteiger partial charge in [-0.15, -0.1) is 0 Å². The standard InChI is InChI=1S/C18H23BrClFN2O4/c1-18(2,3)27-17(26)22-7-8-23(11(10-22)6-9-24)16(25)12-4-5-13(19)14(20)15(12)21/h4-5,11,24H,6-10H2,1-3H3/t11-/m0/s1. The topological polar surface area (TPSA) is 70.1 Å². The van der Waals surface area contributed by atoms with Gasteiger partial charge in [0.25, 0.3) is 5.91 Å². The summed E-state index contributed by atoms with van der Waals surface area (Å²) in [7, 11) is 0. The van der Waals surface area contributed by atoms with E-state index in [1.54, 1.807) is 20.8 Å². The number of benzene rings is 1. The van der Waals surface area contributed by atoms with Gasteiger partial charge in [-0.05, 0) is 55.3 Å². The van der Waals surface area contributed by atoms with E-state index in [2.05, 4.69) is 15.9 Å². The van der Waals surface area contributed by atoms with Crippen LogP contribution in [0.4, 0.5) is 9.18 Å². The first-order valence-corrected chi connectivity index (χ1v) is 9.75. The number of nitrogens with zero attached hydrogens (tertiary/aromatic N) is 2. The number of hydrogen-bond donors (Lipinski definition) is 1. The van der Waals surface area contributed by atoms with Gasteiger partial charge in [0.2, 0.25) is 0 Å². The number of aliphatic hydroxyl groups is 1. The number of hydrogen-bond acceptors (Lipinski definition) is 4. The minimum Gasteiger partial charge on any atom is -0.444 e. The first-order valence-electron chi connectivity index (χ1n) is 8.58. The molecule has 1 N–H and O–H groups in total. The molecule has 0 saturated carbocycles. The van der Waals surface area contributed by atoms with Gasteiger partial charge in [-0.2, -0.15) is 0 Å². The molecule has 2 rings (SSSR count). The number of halogens is 3. The second-order valence-electron chi connectivity index (χ2n) is 7.31. The molecule has 0 unspecified atom stereocenters. The molecule has 1 aromatic rings. The minimum atomic E-state index is -0.798. The maximum absolute atomic E-state index is 14.4. The Morgan fingerprint density at radius 2 is 2.04 bits per heavy atom. The van der Waals surface area contributed by atoms with Crippen molar-refractivity contribution in [2.75, 3.05) is 26.2 Å². The average molecular weight is 466 g/mol. The molecule has 6 nitrogen and oxygen atoms in total. The lowest BCUT2D eigenvalue weighted by atomic mass is 10.1. The third-order valence-corrected chi connectivity index (χ3v) is 5.38. The molecule has 0 aliphatic carbocycles. The van der Waals surface area contributed by atoms with Crippen LogP contribution in [0.25, 0.3) is 0 Å². The molecule has 9 heteroatoms. The van der Waals surface area contributed by atoms with Crippen molar-refractivity contribution in [3.8, 4) is 0 Å². The molecule has 0 aromatic heterocycles. The van der Waals surface area contributed by atoms with Crippen LogP contribution in [-0.2, 0) is 4.74 Å². The number of ether oxygens (including phenoxy) is 1. The molecule has 1 atom stereocenters. The van der Waals surface area contributed by atoms with Gasteiger partial charge in [0.05, 0.1) is 16.6 Å². The van der Waals surface area contributed by atoms with Crippen LogP contribution in [0.1, 0.15) is 37.6 Å². The quantitative estimate of drug-likeness (QED) is 0.691.